The monoisotopic (exact) mass is 513 g/mol. The molecule has 0 saturated carbocycles. The molecule has 0 aliphatic carbocycles. The summed E-state index contributed by atoms with van der Waals surface area (Å²) in [4.78, 5) is 36.8. The summed E-state index contributed by atoms with van der Waals surface area (Å²) in [6.45, 7) is 2.14. The molecule has 2 aromatic carbocycles. The maximum absolute atomic E-state index is 12.5. The van der Waals surface area contributed by atoms with Crippen LogP contribution in [0, 0.1) is 0 Å². The van der Waals surface area contributed by atoms with E-state index < -0.39 is 5.97 Å². The number of esters is 1. The largest absolute Gasteiger partial charge is 0.493 e. The molecule has 11 nitrogen and oxygen atoms in total. The van der Waals surface area contributed by atoms with Crippen LogP contribution in [0.5, 0.6) is 11.5 Å². The van der Waals surface area contributed by atoms with Crippen LogP contribution < -0.4 is 20.1 Å². The number of carbonyl (C=O) groups excluding carboxylic acids is 3. The Bertz CT molecular complexity index is 1250. The third-order valence-electron chi connectivity index (χ3n) is 4.97. The minimum absolute atomic E-state index is 0.0770. The van der Waals surface area contributed by atoms with Gasteiger partial charge in [0.15, 0.2) is 22.5 Å². The molecule has 0 bridgehead atoms. The first kappa shape index (κ1) is 26.5. The van der Waals surface area contributed by atoms with Crippen LogP contribution in [-0.4, -0.2) is 59.1 Å². The molecular formula is C24H27N5O6S. The maximum Gasteiger partial charge on any atom is 0.338 e. The molecule has 0 saturated heterocycles. The van der Waals surface area contributed by atoms with E-state index in [9.17, 15) is 14.4 Å². The Kier molecular flexibility index (Phi) is 9.28. The van der Waals surface area contributed by atoms with Crippen molar-refractivity contribution in [3.05, 3.63) is 59.4 Å². The van der Waals surface area contributed by atoms with Crippen molar-refractivity contribution in [1.29, 1.82) is 0 Å². The molecular weight excluding hydrogens is 486 g/mol. The van der Waals surface area contributed by atoms with Crippen LogP contribution in [0.4, 0.5) is 5.69 Å². The van der Waals surface area contributed by atoms with Gasteiger partial charge in [0.1, 0.15) is 0 Å². The molecule has 190 valence electrons. The Morgan fingerprint density at radius 2 is 1.78 bits per heavy atom. The molecule has 3 rings (SSSR count). The molecule has 1 aromatic heterocycles. The first-order valence-corrected chi connectivity index (χ1v) is 11.9. The highest BCUT2D eigenvalue weighted by Gasteiger charge is 2.15. The lowest BCUT2D eigenvalue weighted by Gasteiger charge is -2.10. The zero-order valence-electron chi connectivity index (χ0n) is 20.4. The molecule has 0 aliphatic rings. The number of hydrogen-bond acceptors (Lipinski definition) is 9. The number of thioether (sulfide) groups is 1. The van der Waals surface area contributed by atoms with Crippen molar-refractivity contribution in [2.75, 3.05) is 31.9 Å². The number of amides is 2. The van der Waals surface area contributed by atoms with Crippen LogP contribution in [0.25, 0.3) is 0 Å². The zero-order chi connectivity index (χ0) is 26.1. The van der Waals surface area contributed by atoms with E-state index in [4.69, 9.17) is 14.2 Å². The average molecular weight is 514 g/mol. The number of nitrogens with one attached hydrogen (secondary N) is 2. The van der Waals surface area contributed by atoms with Gasteiger partial charge in [-0.15, -0.1) is 10.2 Å². The van der Waals surface area contributed by atoms with E-state index in [1.165, 1.54) is 26.0 Å². The maximum atomic E-state index is 12.5. The average Bonchev–Trinajstić information content (AvgIpc) is 3.24. The van der Waals surface area contributed by atoms with E-state index in [-0.39, 0.29) is 30.7 Å². The van der Waals surface area contributed by atoms with Crippen LogP contribution >= 0.6 is 11.8 Å². The Morgan fingerprint density at radius 3 is 2.50 bits per heavy atom. The minimum Gasteiger partial charge on any atom is -0.493 e. The van der Waals surface area contributed by atoms with Crippen LogP contribution in [-0.2, 0) is 23.1 Å². The number of methoxy groups -OCH3 is 2. The second-order valence-corrected chi connectivity index (χ2v) is 8.29. The molecule has 0 aliphatic heterocycles. The lowest BCUT2D eigenvalue weighted by atomic mass is 10.2. The molecule has 0 fully saturated rings. The lowest BCUT2D eigenvalue weighted by molar-refractivity contribution is -0.113. The van der Waals surface area contributed by atoms with Gasteiger partial charge in [0, 0.05) is 18.3 Å². The number of carbonyl (C=O) groups is 3. The second kappa shape index (κ2) is 12.6. The fraction of sp³-hybridized carbons (Fsp3) is 0.292. The first-order chi connectivity index (χ1) is 17.4. The van der Waals surface area contributed by atoms with Gasteiger partial charge in [-0.2, -0.15) is 0 Å². The predicted molar refractivity (Wildman–Crippen MR) is 133 cm³/mol. The van der Waals surface area contributed by atoms with Gasteiger partial charge in [-0.05, 0) is 43.3 Å². The fourth-order valence-corrected chi connectivity index (χ4v) is 3.86. The van der Waals surface area contributed by atoms with Crippen LogP contribution in [0.3, 0.4) is 0 Å². The number of nitrogens with zero attached hydrogens (tertiary/aromatic N) is 3. The molecule has 12 heteroatoms. The van der Waals surface area contributed by atoms with E-state index >= 15 is 0 Å². The van der Waals surface area contributed by atoms with Crippen LogP contribution in [0.1, 0.15) is 33.5 Å². The van der Waals surface area contributed by atoms with Gasteiger partial charge >= 0.3 is 5.97 Å². The van der Waals surface area contributed by atoms with Gasteiger partial charge in [0.2, 0.25) is 5.91 Å². The fourth-order valence-electron chi connectivity index (χ4n) is 3.13. The summed E-state index contributed by atoms with van der Waals surface area (Å²) in [5.41, 5.74) is 1.26. The number of anilines is 1. The van der Waals surface area contributed by atoms with Gasteiger partial charge in [-0.1, -0.05) is 17.8 Å². The van der Waals surface area contributed by atoms with Crippen molar-refractivity contribution in [2.24, 2.45) is 7.05 Å². The van der Waals surface area contributed by atoms with Crippen molar-refractivity contribution >= 4 is 35.2 Å². The highest BCUT2D eigenvalue weighted by molar-refractivity contribution is 7.99. The lowest BCUT2D eigenvalue weighted by Crippen LogP contribution is -2.24. The summed E-state index contributed by atoms with van der Waals surface area (Å²) in [5, 5.41) is 14.3. The summed E-state index contributed by atoms with van der Waals surface area (Å²) in [5.74, 6) is 0.549. The van der Waals surface area contributed by atoms with Crippen LogP contribution in [0.15, 0.2) is 47.6 Å². The normalized spacial score (nSPS) is 10.4. The predicted octanol–water partition coefficient (Wildman–Crippen LogP) is 2.67. The van der Waals surface area contributed by atoms with Crippen molar-refractivity contribution in [3.63, 3.8) is 0 Å². The van der Waals surface area contributed by atoms with Crippen molar-refractivity contribution in [3.8, 4) is 11.5 Å². The molecule has 1 heterocycles. The highest BCUT2D eigenvalue weighted by atomic mass is 32.2. The van der Waals surface area contributed by atoms with Gasteiger partial charge in [0.25, 0.3) is 5.91 Å². The van der Waals surface area contributed by atoms with E-state index in [0.717, 1.165) is 0 Å². The standard InChI is InChI=1S/C24H27N5O6S/c1-5-35-23(32)16-7-6-8-17(11-16)26-21(30)14-36-24-28-27-20(29(24)2)13-25-22(31)15-9-10-18(33-3)19(12-15)34-4/h6-12H,5,13-14H2,1-4H3,(H,25,31)(H,26,30). The summed E-state index contributed by atoms with van der Waals surface area (Å²) >= 11 is 1.20. The third-order valence-corrected chi connectivity index (χ3v) is 5.99. The highest BCUT2D eigenvalue weighted by Crippen LogP contribution is 2.27. The van der Waals surface area contributed by atoms with E-state index in [0.29, 0.717) is 39.3 Å². The number of aromatic nitrogens is 3. The molecule has 0 spiro atoms. The zero-order valence-corrected chi connectivity index (χ0v) is 21.2. The van der Waals surface area contributed by atoms with Crippen LogP contribution in [0.2, 0.25) is 0 Å². The van der Waals surface area contributed by atoms with E-state index in [2.05, 4.69) is 20.8 Å². The number of ether oxygens (including phenoxy) is 3. The van der Waals surface area contributed by atoms with Gasteiger partial charge in [0.05, 0.1) is 38.7 Å². The van der Waals surface area contributed by atoms with E-state index in [1.54, 1.807) is 61.0 Å². The SMILES string of the molecule is CCOC(=O)c1cccc(NC(=O)CSc2nnc(CNC(=O)c3ccc(OC)c(OC)c3)n2C)c1. The number of benzene rings is 2. The topological polar surface area (TPSA) is 134 Å². The molecule has 2 N–H and O–H groups in total. The molecule has 0 radical (unpaired) electrons. The summed E-state index contributed by atoms with van der Waals surface area (Å²) < 4.78 is 17.1. The molecule has 0 atom stereocenters. The smallest absolute Gasteiger partial charge is 0.338 e. The Labute approximate surface area is 212 Å². The number of hydrogen-bond donors (Lipinski definition) is 2. The quantitative estimate of drug-likeness (QED) is 0.293. The summed E-state index contributed by atoms with van der Waals surface area (Å²) in [6.07, 6.45) is 0. The Morgan fingerprint density at radius 1 is 1.00 bits per heavy atom. The second-order valence-electron chi connectivity index (χ2n) is 7.35. The van der Waals surface area contributed by atoms with E-state index in [1.807, 2.05) is 0 Å². The summed E-state index contributed by atoms with van der Waals surface area (Å²) in [7, 11) is 4.77. The van der Waals surface area contributed by atoms with Crippen molar-refractivity contribution < 1.29 is 28.6 Å². The van der Waals surface area contributed by atoms with Gasteiger partial charge in [-0.3, -0.25) is 9.59 Å². The first-order valence-electron chi connectivity index (χ1n) is 10.9. The Hall–Kier alpha value is -4.06. The van der Waals surface area contributed by atoms with Crippen molar-refractivity contribution in [2.45, 2.75) is 18.6 Å². The Balaban J connectivity index is 1.53. The summed E-state index contributed by atoms with van der Waals surface area (Å²) in [6, 6.07) is 11.4. The number of rotatable bonds is 11. The molecule has 0 unspecified atom stereocenters. The molecule has 36 heavy (non-hydrogen) atoms. The van der Waals surface area contributed by atoms with Crippen molar-refractivity contribution in [1.82, 2.24) is 20.1 Å². The van der Waals surface area contributed by atoms with Gasteiger partial charge in [-0.25, -0.2) is 4.79 Å². The van der Waals surface area contributed by atoms with Gasteiger partial charge < -0.3 is 29.4 Å². The third kappa shape index (κ3) is 6.75. The molecule has 2 amide bonds. The minimum atomic E-state index is -0.451. The molecule has 3 aromatic rings.